The minimum atomic E-state index is -0.161. The van der Waals surface area contributed by atoms with Gasteiger partial charge in [-0.3, -0.25) is 9.36 Å². The standard InChI is InChI=1S/C17H19N5O/c1-12(14-7-6-13-4-2-3-5-15(13)8-14)20-17(23)10-22-11-19-21-16(22)9-18/h6-8,11-12H,2-5,10H2,1H3,(H,20,23)/t12-/m1/s1. The Morgan fingerprint density at radius 1 is 1.39 bits per heavy atom. The fraction of sp³-hybridized carbons (Fsp3) is 0.412. The van der Waals surface area contributed by atoms with Crippen LogP contribution < -0.4 is 5.32 Å². The number of nitriles is 1. The summed E-state index contributed by atoms with van der Waals surface area (Å²) >= 11 is 0. The molecule has 1 N–H and O–H groups in total. The lowest BCUT2D eigenvalue weighted by Gasteiger charge is -2.20. The molecular weight excluding hydrogens is 290 g/mol. The lowest BCUT2D eigenvalue weighted by atomic mass is 9.89. The normalized spacial score (nSPS) is 14.6. The van der Waals surface area contributed by atoms with Gasteiger partial charge in [0.15, 0.2) is 0 Å². The molecule has 0 unspecified atom stereocenters. The van der Waals surface area contributed by atoms with Crippen LogP contribution in [0.3, 0.4) is 0 Å². The molecule has 1 atom stereocenters. The van der Waals surface area contributed by atoms with E-state index in [1.807, 2.05) is 13.0 Å². The minimum absolute atomic E-state index is 0.0468. The van der Waals surface area contributed by atoms with Gasteiger partial charge in [0.05, 0.1) is 6.04 Å². The van der Waals surface area contributed by atoms with E-state index in [-0.39, 0.29) is 24.3 Å². The van der Waals surface area contributed by atoms with Crippen LogP contribution >= 0.6 is 0 Å². The average Bonchev–Trinajstić information content (AvgIpc) is 3.01. The van der Waals surface area contributed by atoms with Crippen LogP contribution in [0, 0.1) is 11.3 Å². The summed E-state index contributed by atoms with van der Waals surface area (Å²) in [7, 11) is 0. The van der Waals surface area contributed by atoms with Gasteiger partial charge >= 0.3 is 0 Å². The van der Waals surface area contributed by atoms with Gasteiger partial charge in [-0.05, 0) is 49.3 Å². The fourth-order valence-corrected chi connectivity index (χ4v) is 3.01. The molecule has 118 valence electrons. The molecule has 0 spiro atoms. The molecule has 1 amide bonds. The van der Waals surface area contributed by atoms with E-state index in [1.165, 1.54) is 34.9 Å². The van der Waals surface area contributed by atoms with Crippen LogP contribution in [-0.2, 0) is 24.2 Å². The number of nitrogens with zero attached hydrogens (tertiary/aromatic N) is 4. The molecule has 1 aliphatic carbocycles. The van der Waals surface area contributed by atoms with Crippen molar-refractivity contribution >= 4 is 5.91 Å². The Morgan fingerprint density at radius 2 is 2.17 bits per heavy atom. The lowest BCUT2D eigenvalue weighted by Crippen LogP contribution is -2.30. The van der Waals surface area contributed by atoms with Crippen LogP contribution in [0.5, 0.6) is 0 Å². The summed E-state index contributed by atoms with van der Waals surface area (Å²) in [5, 5.41) is 19.1. The number of rotatable bonds is 4. The van der Waals surface area contributed by atoms with Crippen LogP contribution in [0.1, 0.15) is 48.3 Å². The van der Waals surface area contributed by atoms with Crippen molar-refractivity contribution < 1.29 is 4.79 Å². The van der Waals surface area contributed by atoms with Crippen molar-refractivity contribution in [2.75, 3.05) is 0 Å². The van der Waals surface area contributed by atoms with E-state index in [9.17, 15) is 4.79 Å². The van der Waals surface area contributed by atoms with Gasteiger partial charge in [0.1, 0.15) is 18.9 Å². The molecule has 6 nitrogen and oxygen atoms in total. The molecule has 0 saturated heterocycles. The summed E-state index contributed by atoms with van der Waals surface area (Å²) in [6, 6.07) is 8.32. The number of amides is 1. The van der Waals surface area contributed by atoms with Crippen molar-refractivity contribution in [1.82, 2.24) is 20.1 Å². The Kier molecular flexibility index (Phi) is 4.38. The molecule has 1 aliphatic rings. The van der Waals surface area contributed by atoms with Crippen LogP contribution in [0.4, 0.5) is 0 Å². The second kappa shape index (κ2) is 6.61. The number of hydrogen-bond acceptors (Lipinski definition) is 4. The number of hydrogen-bond donors (Lipinski definition) is 1. The van der Waals surface area contributed by atoms with Gasteiger partial charge in [0.2, 0.25) is 11.7 Å². The monoisotopic (exact) mass is 309 g/mol. The van der Waals surface area contributed by atoms with Crippen molar-refractivity contribution in [2.45, 2.75) is 45.2 Å². The molecule has 0 saturated carbocycles. The first-order chi connectivity index (χ1) is 11.2. The highest BCUT2D eigenvalue weighted by atomic mass is 16.2. The highest BCUT2D eigenvalue weighted by molar-refractivity contribution is 5.76. The molecule has 6 heteroatoms. The predicted octanol–water partition coefficient (Wildman–Crippen LogP) is 1.91. The fourth-order valence-electron chi connectivity index (χ4n) is 3.01. The topological polar surface area (TPSA) is 83.6 Å². The first kappa shape index (κ1) is 15.2. The van der Waals surface area contributed by atoms with Gasteiger partial charge < -0.3 is 5.32 Å². The molecule has 0 fully saturated rings. The molecule has 1 aromatic carbocycles. The largest absolute Gasteiger partial charge is 0.348 e. The number of fused-ring (bicyclic) bond motifs is 1. The minimum Gasteiger partial charge on any atom is -0.348 e. The maximum absolute atomic E-state index is 12.2. The quantitative estimate of drug-likeness (QED) is 0.935. The maximum Gasteiger partial charge on any atom is 0.240 e. The Morgan fingerprint density at radius 3 is 2.96 bits per heavy atom. The van der Waals surface area contributed by atoms with Crippen LogP contribution in [0.25, 0.3) is 0 Å². The summed E-state index contributed by atoms with van der Waals surface area (Å²) in [6.45, 7) is 2.02. The first-order valence-electron chi connectivity index (χ1n) is 7.86. The molecule has 1 aromatic heterocycles. The van der Waals surface area contributed by atoms with Crippen molar-refractivity contribution in [3.8, 4) is 6.07 Å². The van der Waals surface area contributed by atoms with Crippen molar-refractivity contribution in [3.05, 3.63) is 47.0 Å². The summed E-state index contributed by atoms with van der Waals surface area (Å²) in [6.07, 6.45) is 6.17. The molecule has 0 aliphatic heterocycles. The SMILES string of the molecule is C[C@@H](NC(=O)Cn1cnnc1C#N)c1ccc2c(c1)CCCC2. The number of benzene rings is 1. The van der Waals surface area contributed by atoms with Crippen molar-refractivity contribution in [2.24, 2.45) is 0 Å². The van der Waals surface area contributed by atoms with E-state index in [1.54, 1.807) is 0 Å². The smallest absolute Gasteiger partial charge is 0.240 e. The Balaban J connectivity index is 1.66. The van der Waals surface area contributed by atoms with E-state index in [4.69, 9.17) is 5.26 Å². The highest BCUT2D eigenvalue weighted by Crippen LogP contribution is 2.24. The van der Waals surface area contributed by atoms with Gasteiger partial charge in [0, 0.05) is 0 Å². The number of nitrogens with one attached hydrogen (secondary N) is 1. The summed E-state index contributed by atoms with van der Waals surface area (Å²) in [5.41, 5.74) is 3.95. The summed E-state index contributed by atoms with van der Waals surface area (Å²) in [5.74, 6) is -0.0203. The van der Waals surface area contributed by atoms with Gasteiger partial charge in [-0.15, -0.1) is 10.2 Å². The van der Waals surface area contributed by atoms with Crippen LogP contribution in [0.15, 0.2) is 24.5 Å². The second-order valence-electron chi connectivity index (χ2n) is 5.92. The number of aryl methyl sites for hydroxylation is 2. The zero-order valence-electron chi connectivity index (χ0n) is 13.1. The maximum atomic E-state index is 12.2. The Labute approximate surface area is 135 Å². The van der Waals surface area contributed by atoms with Crippen molar-refractivity contribution in [3.63, 3.8) is 0 Å². The Bertz CT molecular complexity index is 759. The Hall–Kier alpha value is -2.68. The molecule has 0 bridgehead atoms. The zero-order valence-corrected chi connectivity index (χ0v) is 13.1. The third-order valence-corrected chi connectivity index (χ3v) is 4.28. The van der Waals surface area contributed by atoms with Gasteiger partial charge in [-0.1, -0.05) is 18.2 Å². The molecular formula is C17H19N5O. The lowest BCUT2D eigenvalue weighted by molar-refractivity contribution is -0.122. The molecule has 2 aromatic rings. The van der Waals surface area contributed by atoms with E-state index >= 15 is 0 Å². The van der Waals surface area contributed by atoms with E-state index in [2.05, 4.69) is 33.7 Å². The highest BCUT2D eigenvalue weighted by Gasteiger charge is 2.15. The zero-order chi connectivity index (χ0) is 16.2. The molecule has 1 heterocycles. The van der Waals surface area contributed by atoms with Crippen LogP contribution in [0.2, 0.25) is 0 Å². The first-order valence-corrected chi connectivity index (χ1v) is 7.86. The third-order valence-electron chi connectivity index (χ3n) is 4.28. The van der Waals surface area contributed by atoms with E-state index in [0.717, 1.165) is 18.4 Å². The number of carbonyl (C=O) groups excluding carboxylic acids is 1. The number of carbonyl (C=O) groups is 1. The van der Waals surface area contributed by atoms with Gasteiger partial charge in [-0.25, -0.2) is 0 Å². The van der Waals surface area contributed by atoms with Gasteiger partial charge in [0.25, 0.3) is 0 Å². The third kappa shape index (κ3) is 3.39. The van der Waals surface area contributed by atoms with Crippen LogP contribution in [-0.4, -0.2) is 20.7 Å². The molecule has 23 heavy (non-hydrogen) atoms. The summed E-state index contributed by atoms with van der Waals surface area (Å²) in [4.78, 5) is 12.2. The average molecular weight is 309 g/mol. The predicted molar refractivity (Wildman–Crippen MR) is 84.4 cm³/mol. The molecule has 3 rings (SSSR count). The van der Waals surface area contributed by atoms with E-state index < -0.39 is 0 Å². The summed E-state index contributed by atoms with van der Waals surface area (Å²) < 4.78 is 1.44. The second-order valence-corrected chi connectivity index (χ2v) is 5.92. The van der Waals surface area contributed by atoms with Gasteiger partial charge in [-0.2, -0.15) is 5.26 Å². The molecule has 0 radical (unpaired) electrons. The number of aromatic nitrogens is 3. The van der Waals surface area contributed by atoms with Crippen molar-refractivity contribution in [1.29, 1.82) is 5.26 Å². The van der Waals surface area contributed by atoms with E-state index in [0.29, 0.717) is 0 Å².